The molecule has 1 fully saturated rings. The van der Waals surface area contributed by atoms with Crippen molar-refractivity contribution in [1.82, 2.24) is 9.97 Å². The van der Waals surface area contributed by atoms with E-state index < -0.39 is 0 Å². The number of hydrogen-bond acceptors (Lipinski definition) is 2. The minimum atomic E-state index is -0.316. The first-order valence-corrected chi connectivity index (χ1v) is 7.20. The zero-order chi connectivity index (χ0) is 13.6. The molecule has 2 aromatic rings. The number of rotatable bonds is 2. The van der Waals surface area contributed by atoms with Crippen LogP contribution in [-0.4, -0.2) is 9.97 Å². The zero-order valence-corrected chi connectivity index (χ0v) is 12.5. The summed E-state index contributed by atoms with van der Waals surface area (Å²) < 4.78 is 14.1. The fourth-order valence-corrected chi connectivity index (χ4v) is 2.81. The molecule has 1 heterocycles. The number of nitrogens with one attached hydrogen (secondary N) is 1. The lowest BCUT2D eigenvalue weighted by Gasteiger charge is -2.07. The summed E-state index contributed by atoms with van der Waals surface area (Å²) in [7, 11) is 0. The molecular weight excluding hydrogens is 358 g/mol. The summed E-state index contributed by atoms with van der Waals surface area (Å²) in [5.41, 5.74) is 2.13. The van der Waals surface area contributed by atoms with Gasteiger partial charge in [-0.3, -0.25) is 4.79 Å². The van der Waals surface area contributed by atoms with Crippen molar-refractivity contribution >= 4 is 22.6 Å². The second kappa shape index (κ2) is 4.70. The Morgan fingerprint density at radius 3 is 2.74 bits per heavy atom. The molecule has 5 heteroatoms. The highest BCUT2D eigenvalue weighted by Gasteiger charge is 2.29. The summed E-state index contributed by atoms with van der Waals surface area (Å²) in [6.07, 6.45) is 2.15. The topological polar surface area (TPSA) is 45.8 Å². The van der Waals surface area contributed by atoms with E-state index in [4.69, 9.17) is 0 Å². The number of nitrogens with zero attached hydrogens (tertiary/aromatic N) is 1. The van der Waals surface area contributed by atoms with Gasteiger partial charge >= 0.3 is 0 Å². The molecule has 0 amide bonds. The molecule has 19 heavy (non-hydrogen) atoms. The molecule has 0 atom stereocenters. The summed E-state index contributed by atoms with van der Waals surface area (Å²) in [5, 5.41) is 0. The lowest BCUT2D eigenvalue weighted by atomic mass is 10.1. The van der Waals surface area contributed by atoms with Gasteiger partial charge in [0.2, 0.25) is 0 Å². The van der Waals surface area contributed by atoms with Crippen LogP contribution in [0.4, 0.5) is 4.39 Å². The van der Waals surface area contributed by atoms with Crippen LogP contribution in [0.3, 0.4) is 0 Å². The van der Waals surface area contributed by atoms with Gasteiger partial charge in [-0.15, -0.1) is 0 Å². The van der Waals surface area contributed by atoms with Crippen LogP contribution in [0.15, 0.2) is 23.0 Å². The molecule has 0 spiro atoms. The van der Waals surface area contributed by atoms with Crippen LogP contribution in [0.25, 0.3) is 11.4 Å². The van der Waals surface area contributed by atoms with Gasteiger partial charge < -0.3 is 4.98 Å². The molecule has 1 aromatic heterocycles. The standard InChI is InChI=1S/C14H12FIN2O/c1-7-4-9(6-10(15)5-7)13-17-12(8-2-3-8)11(16)14(19)18-13/h4-6,8H,2-3H2,1H3,(H,17,18,19). The highest BCUT2D eigenvalue weighted by atomic mass is 127. The maximum atomic E-state index is 13.4. The summed E-state index contributed by atoms with van der Waals surface area (Å²) in [4.78, 5) is 19.2. The van der Waals surface area contributed by atoms with E-state index in [2.05, 4.69) is 9.97 Å². The Hall–Kier alpha value is -1.24. The van der Waals surface area contributed by atoms with E-state index in [-0.39, 0.29) is 11.4 Å². The highest BCUT2D eigenvalue weighted by Crippen LogP contribution is 2.40. The fraction of sp³-hybridized carbons (Fsp3) is 0.286. The molecule has 1 aliphatic carbocycles. The molecule has 1 aliphatic rings. The second-order valence-corrected chi connectivity index (χ2v) is 5.98. The van der Waals surface area contributed by atoms with Crippen molar-refractivity contribution in [3.05, 3.63) is 49.2 Å². The Kier molecular flexibility index (Phi) is 3.16. The molecule has 98 valence electrons. The molecule has 1 saturated carbocycles. The van der Waals surface area contributed by atoms with E-state index in [0.29, 0.717) is 20.9 Å². The quantitative estimate of drug-likeness (QED) is 0.825. The van der Waals surface area contributed by atoms with E-state index in [1.807, 2.05) is 35.6 Å². The lowest BCUT2D eigenvalue weighted by molar-refractivity contribution is 0.627. The molecule has 0 bridgehead atoms. The largest absolute Gasteiger partial charge is 0.306 e. The number of halogens is 2. The molecular formula is C14H12FIN2O. The van der Waals surface area contributed by atoms with Gasteiger partial charge in [0, 0.05) is 11.5 Å². The first kappa shape index (κ1) is 12.8. The van der Waals surface area contributed by atoms with Gasteiger partial charge in [-0.2, -0.15) is 0 Å². The molecule has 0 aliphatic heterocycles. The van der Waals surface area contributed by atoms with Crippen molar-refractivity contribution < 1.29 is 4.39 Å². The Morgan fingerprint density at radius 1 is 1.37 bits per heavy atom. The SMILES string of the molecule is Cc1cc(F)cc(-c2nc(C3CC3)c(I)c(=O)[nH]2)c1. The Bertz CT molecular complexity index is 687. The number of aromatic amines is 1. The first-order valence-electron chi connectivity index (χ1n) is 6.12. The zero-order valence-electron chi connectivity index (χ0n) is 10.3. The number of benzene rings is 1. The van der Waals surface area contributed by atoms with Crippen molar-refractivity contribution in [2.45, 2.75) is 25.7 Å². The van der Waals surface area contributed by atoms with Crippen molar-refractivity contribution in [3.63, 3.8) is 0 Å². The Balaban J connectivity index is 2.17. The molecule has 0 unspecified atom stereocenters. The van der Waals surface area contributed by atoms with Crippen molar-refractivity contribution in [2.24, 2.45) is 0 Å². The van der Waals surface area contributed by atoms with Gasteiger partial charge in [0.1, 0.15) is 11.6 Å². The van der Waals surface area contributed by atoms with Crippen LogP contribution in [0.5, 0.6) is 0 Å². The van der Waals surface area contributed by atoms with Crippen molar-refractivity contribution in [1.29, 1.82) is 0 Å². The van der Waals surface area contributed by atoms with Gasteiger partial charge in [-0.25, -0.2) is 9.37 Å². The van der Waals surface area contributed by atoms with Crippen LogP contribution >= 0.6 is 22.6 Å². The molecule has 0 saturated heterocycles. The average Bonchev–Trinajstić information content (AvgIpc) is 3.15. The van der Waals surface area contributed by atoms with Crippen LogP contribution in [0, 0.1) is 16.3 Å². The van der Waals surface area contributed by atoms with Crippen molar-refractivity contribution in [3.8, 4) is 11.4 Å². The Labute approximate surface area is 123 Å². The van der Waals surface area contributed by atoms with E-state index in [0.717, 1.165) is 24.1 Å². The third-order valence-electron chi connectivity index (χ3n) is 3.17. The third kappa shape index (κ3) is 2.56. The monoisotopic (exact) mass is 370 g/mol. The predicted molar refractivity (Wildman–Crippen MR) is 79.7 cm³/mol. The van der Waals surface area contributed by atoms with E-state index >= 15 is 0 Å². The summed E-state index contributed by atoms with van der Waals surface area (Å²) in [5.74, 6) is 0.529. The van der Waals surface area contributed by atoms with E-state index in [1.165, 1.54) is 12.1 Å². The van der Waals surface area contributed by atoms with Crippen LogP contribution in [-0.2, 0) is 0 Å². The number of hydrogen-bond donors (Lipinski definition) is 1. The van der Waals surface area contributed by atoms with Crippen LogP contribution < -0.4 is 5.56 Å². The molecule has 1 aromatic carbocycles. The summed E-state index contributed by atoms with van der Waals surface area (Å²) in [6, 6.07) is 4.68. The number of aromatic nitrogens is 2. The van der Waals surface area contributed by atoms with Gasteiger partial charge in [0.25, 0.3) is 5.56 Å². The Morgan fingerprint density at radius 2 is 2.11 bits per heavy atom. The summed E-state index contributed by atoms with van der Waals surface area (Å²) >= 11 is 2.03. The molecule has 0 radical (unpaired) electrons. The number of aryl methyl sites for hydroxylation is 1. The molecule has 3 nitrogen and oxygen atoms in total. The lowest BCUT2D eigenvalue weighted by Crippen LogP contribution is -2.16. The van der Waals surface area contributed by atoms with Crippen LogP contribution in [0.1, 0.15) is 30.0 Å². The normalized spacial score (nSPS) is 14.7. The summed E-state index contributed by atoms with van der Waals surface area (Å²) in [6.45, 7) is 1.82. The van der Waals surface area contributed by atoms with Gasteiger partial charge in [-0.1, -0.05) is 0 Å². The predicted octanol–water partition coefficient (Wildman–Crippen LogP) is 3.37. The smallest absolute Gasteiger partial charge is 0.264 e. The number of H-pyrrole nitrogens is 1. The maximum Gasteiger partial charge on any atom is 0.264 e. The van der Waals surface area contributed by atoms with Gasteiger partial charge in [0.15, 0.2) is 0 Å². The minimum absolute atomic E-state index is 0.144. The first-order chi connectivity index (χ1) is 9.04. The van der Waals surface area contributed by atoms with Crippen LogP contribution in [0.2, 0.25) is 0 Å². The molecule has 3 rings (SSSR count). The maximum absolute atomic E-state index is 13.4. The highest BCUT2D eigenvalue weighted by molar-refractivity contribution is 14.1. The van der Waals surface area contributed by atoms with Gasteiger partial charge in [-0.05, 0) is 66.1 Å². The second-order valence-electron chi connectivity index (χ2n) is 4.91. The van der Waals surface area contributed by atoms with E-state index in [9.17, 15) is 9.18 Å². The fourth-order valence-electron chi connectivity index (χ4n) is 2.11. The average molecular weight is 370 g/mol. The van der Waals surface area contributed by atoms with Crippen molar-refractivity contribution in [2.75, 3.05) is 0 Å². The minimum Gasteiger partial charge on any atom is -0.306 e. The molecule has 1 N–H and O–H groups in total. The van der Waals surface area contributed by atoms with E-state index in [1.54, 1.807) is 0 Å². The third-order valence-corrected chi connectivity index (χ3v) is 4.21. The van der Waals surface area contributed by atoms with Gasteiger partial charge in [0.05, 0.1) is 9.26 Å².